The fourth-order valence-electron chi connectivity index (χ4n) is 4.78. The minimum atomic E-state index is 0.428. The Morgan fingerprint density at radius 2 is 1.61 bits per heavy atom. The van der Waals surface area contributed by atoms with Crippen LogP contribution in [0.25, 0.3) is 10.8 Å². The molecule has 0 aromatic heterocycles. The van der Waals surface area contributed by atoms with Crippen LogP contribution < -0.4 is 0 Å². The second-order valence-corrected chi connectivity index (χ2v) is 7.42. The number of benzene rings is 2. The van der Waals surface area contributed by atoms with Gasteiger partial charge < -0.3 is 10.2 Å². The van der Waals surface area contributed by atoms with Gasteiger partial charge in [-0.25, -0.2) is 0 Å². The first-order valence-electron chi connectivity index (χ1n) is 9.21. The number of fused-ring (bicyclic) bond motifs is 6. The molecule has 2 aliphatic rings. The molecular weight excluding hydrogens is 284 g/mol. The Hall–Kier alpha value is -1.70. The lowest BCUT2D eigenvalue weighted by atomic mass is 9.86. The first-order chi connectivity index (χ1) is 11.2. The summed E-state index contributed by atoms with van der Waals surface area (Å²) in [7, 11) is 0. The number of rotatable bonds is 5. The summed E-state index contributed by atoms with van der Waals surface area (Å²) in [6, 6.07) is 6.22. The van der Waals surface area contributed by atoms with Gasteiger partial charge in [0, 0.05) is 21.9 Å². The van der Waals surface area contributed by atoms with E-state index in [1.54, 1.807) is 0 Å². The van der Waals surface area contributed by atoms with Gasteiger partial charge in [0.25, 0.3) is 0 Å². The van der Waals surface area contributed by atoms with E-state index in [-0.39, 0.29) is 0 Å². The number of hydrogen-bond donors (Lipinski definition) is 2. The molecule has 0 aliphatic heterocycles. The Morgan fingerprint density at radius 1 is 0.913 bits per heavy atom. The van der Waals surface area contributed by atoms with Crippen LogP contribution in [0.1, 0.15) is 80.4 Å². The van der Waals surface area contributed by atoms with Crippen molar-refractivity contribution in [3.8, 4) is 11.5 Å². The average Bonchev–Trinajstić information content (AvgIpc) is 3.18. The van der Waals surface area contributed by atoms with Crippen LogP contribution in [0.3, 0.4) is 0 Å². The molecule has 1 saturated carbocycles. The summed E-state index contributed by atoms with van der Waals surface area (Å²) in [6.07, 6.45) is 9.48. The Kier molecular flexibility index (Phi) is 3.71. The Bertz CT molecular complexity index is 747. The van der Waals surface area contributed by atoms with Crippen LogP contribution in [0.15, 0.2) is 18.2 Å². The normalized spacial score (nSPS) is 22.0. The molecule has 122 valence electrons. The van der Waals surface area contributed by atoms with Crippen molar-refractivity contribution in [3.63, 3.8) is 0 Å². The zero-order valence-electron chi connectivity index (χ0n) is 13.9. The van der Waals surface area contributed by atoms with Crippen molar-refractivity contribution < 1.29 is 10.2 Å². The number of phenols is 2. The van der Waals surface area contributed by atoms with E-state index in [9.17, 15) is 10.2 Å². The van der Waals surface area contributed by atoms with Crippen LogP contribution in [0, 0.1) is 0 Å². The molecule has 2 aromatic rings. The third-order valence-electron chi connectivity index (χ3n) is 5.96. The second-order valence-electron chi connectivity index (χ2n) is 7.42. The molecule has 2 aliphatic carbocycles. The van der Waals surface area contributed by atoms with Gasteiger partial charge in [-0.2, -0.15) is 0 Å². The van der Waals surface area contributed by atoms with Gasteiger partial charge in [-0.05, 0) is 55.6 Å². The maximum Gasteiger partial charge on any atom is 0.127 e. The summed E-state index contributed by atoms with van der Waals surface area (Å²) >= 11 is 0. The SMILES string of the molecule is CCCCCCc1ccc2c(O)c3c(c(O)c2c1)C1CCC3C1. The van der Waals surface area contributed by atoms with Crippen LogP contribution >= 0.6 is 0 Å². The van der Waals surface area contributed by atoms with Crippen LogP contribution in [-0.4, -0.2) is 10.2 Å². The monoisotopic (exact) mass is 310 g/mol. The van der Waals surface area contributed by atoms with E-state index < -0.39 is 0 Å². The van der Waals surface area contributed by atoms with E-state index in [1.165, 1.54) is 31.2 Å². The summed E-state index contributed by atoms with van der Waals surface area (Å²) in [5.41, 5.74) is 3.36. The van der Waals surface area contributed by atoms with Gasteiger partial charge in [0.15, 0.2) is 0 Å². The van der Waals surface area contributed by atoms with E-state index in [0.717, 1.165) is 47.6 Å². The molecule has 2 heteroatoms. The van der Waals surface area contributed by atoms with E-state index in [1.807, 2.05) is 6.07 Å². The van der Waals surface area contributed by atoms with Crippen LogP contribution in [0.2, 0.25) is 0 Å². The number of aromatic hydroxyl groups is 2. The van der Waals surface area contributed by atoms with Gasteiger partial charge in [0.2, 0.25) is 0 Å². The summed E-state index contributed by atoms with van der Waals surface area (Å²) in [5.74, 6) is 1.78. The maximum atomic E-state index is 10.8. The highest BCUT2D eigenvalue weighted by Crippen LogP contribution is 2.60. The van der Waals surface area contributed by atoms with Gasteiger partial charge in [-0.3, -0.25) is 0 Å². The molecule has 4 rings (SSSR count). The molecule has 2 aromatic carbocycles. The summed E-state index contributed by atoms with van der Waals surface area (Å²) in [5, 5.41) is 23.3. The lowest BCUT2D eigenvalue weighted by molar-refractivity contribution is 0.451. The molecule has 2 N–H and O–H groups in total. The predicted octanol–water partition coefficient (Wildman–Crippen LogP) is 5.74. The van der Waals surface area contributed by atoms with Crippen LogP contribution in [0.4, 0.5) is 0 Å². The topological polar surface area (TPSA) is 40.5 Å². The molecule has 2 bridgehead atoms. The van der Waals surface area contributed by atoms with Crippen LogP contribution in [-0.2, 0) is 6.42 Å². The van der Waals surface area contributed by atoms with Gasteiger partial charge >= 0.3 is 0 Å². The first kappa shape index (κ1) is 14.9. The Labute approximate surface area is 138 Å². The minimum absolute atomic E-state index is 0.428. The number of unbranched alkanes of at least 4 members (excludes halogenated alkanes) is 3. The zero-order valence-corrected chi connectivity index (χ0v) is 13.9. The lowest BCUT2D eigenvalue weighted by Crippen LogP contribution is -2.00. The minimum Gasteiger partial charge on any atom is -0.507 e. The molecule has 1 fully saturated rings. The molecule has 0 radical (unpaired) electrons. The third kappa shape index (κ3) is 2.31. The largest absolute Gasteiger partial charge is 0.507 e. The van der Waals surface area contributed by atoms with Crippen molar-refractivity contribution in [2.75, 3.05) is 0 Å². The average molecular weight is 310 g/mol. The Balaban J connectivity index is 1.73. The van der Waals surface area contributed by atoms with Gasteiger partial charge in [-0.15, -0.1) is 0 Å². The molecule has 23 heavy (non-hydrogen) atoms. The molecule has 0 spiro atoms. The fourth-order valence-corrected chi connectivity index (χ4v) is 4.78. The van der Waals surface area contributed by atoms with Crippen molar-refractivity contribution in [1.82, 2.24) is 0 Å². The number of hydrogen-bond acceptors (Lipinski definition) is 2. The van der Waals surface area contributed by atoms with Gasteiger partial charge in [-0.1, -0.05) is 38.3 Å². The maximum absolute atomic E-state index is 10.8. The highest BCUT2D eigenvalue weighted by Gasteiger charge is 2.41. The smallest absolute Gasteiger partial charge is 0.127 e. The number of phenolic OH excluding ortho intramolecular Hbond substituents is 2. The highest BCUT2D eigenvalue weighted by atomic mass is 16.3. The summed E-state index contributed by atoms with van der Waals surface area (Å²) < 4.78 is 0. The van der Waals surface area contributed by atoms with E-state index >= 15 is 0 Å². The van der Waals surface area contributed by atoms with Gasteiger partial charge in [0.05, 0.1) is 0 Å². The number of aryl methyl sites for hydroxylation is 1. The van der Waals surface area contributed by atoms with E-state index in [0.29, 0.717) is 23.3 Å². The molecule has 0 saturated heterocycles. The predicted molar refractivity (Wildman–Crippen MR) is 94.5 cm³/mol. The zero-order chi connectivity index (χ0) is 16.0. The Morgan fingerprint density at radius 3 is 2.30 bits per heavy atom. The van der Waals surface area contributed by atoms with Crippen molar-refractivity contribution in [2.45, 2.75) is 70.1 Å². The van der Waals surface area contributed by atoms with Crippen molar-refractivity contribution >= 4 is 10.8 Å². The highest BCUT2D eigenvalue weighted by molar-refractivity contribution is 5.97. The third-order valence-corrected chi connectivity index (χ3v) is 5.96. The van der Waals surface area contributed by atoms with Gasteiger partial charge in [0.1, 0.15) is 11.5 Å². The molecule has 0 amide bonds. The molecular formula is C21H26O2. The standard InChI is InChI=1S/C21H26O2/c1-2-3-4-5-6-13-7-10-16-17(11-13)21(23)19-15-9-8-14(12-15)18(19)20(16)22/h7,10-11,14-15,22-23H,2-6,8-9,12H2,1H3. The summed E-state index contributed by atoms with van der Waals surface area (Å²) in [4.78, 5) is 0. The summed E-state index contributed by atoms with van der Waals surface area (Å²) in [6.45, 7) is 2.23. The van der Waals surface area contributed by atoms with E-state index in [4.69, 9.17) is 0 Å². The molecule has 2 nitrogen and oxygen atoms in total. The fraction of sp³-hybridized carbons (Fsp3) is 0.524. The van der Waals surface area contributed by atoms with Crippen molar-refractivity contribution in [3.05, 3.63) is 34.9 Å². The molecule has 0 heterocycles. The van der Waals surface area contributed by atoms with E-state index in [2.05, 4.69) is 19.1 Å². The van der Waals surface area contributed by atoms with Crippen molar-refractivity contribution in [1.29, 1.82) is 0 Å². The molecule has 2 unspecified atom stereocenters. The lowest BCUT2D eigenvalue weighted by Gasteiger charge is -2.20. The molecule has 2 atom stereocenters. The second kappa shape index (κ2) is 5.74. The van der Waals surface area contributed by atoms with Crippen molar-refractivity contribution in [2.24, 2.45) is 0 Å². The first-order valence-corrected chi connectivity index (χ1v) is 9.21. The quantitative estimate of drug-likeness (QED) is 0.546. The van der Waals surface area contributed by atoms with Crippen LogP contribution in [0.5, 0.6) is 11.5 Å².